The summed E-state index contributed by atoms with van der Waals surface area (Å²) in [5, 5.41) is 22.9. The molecular formula is C14H14N6O4. The number of nitrogens with two attached hydrogens (primary N) is 1. The van der Waals surface area contributed by atoms with Crippen LogP contribution < -0.4 is 11.3 Å². The number of benzene rings is 1. The molecule has 0 aliphatic carbocycles. The van der Waals surface area contributed by atoms with E-state index in [1.807, 2.05) is 30.3 Å². The summed E-state index contributed by atoms with van der Waals surface area (Å²) in [5.41, 5.74) is 5.96. The third-order valence-corrected chi connectivity index (χ3v) is 3.36. The minimum atomic E-state index is -1.23. The quantitative estimate of drug-likeness (QED) is 0.553. The van der Waals surface area contributed by atoms with Gasteiger partial charge in [0.2, 0.25) is 11.6 Å². The minimum Gasteiger partial charge on any atom is -0.480 e. The summed E-state index contributed by atoms with van der Waals surface area (Å²) in [6, 6.07) is 8.28. The van der Waals surface area contributed by atoms with Gasteiger partial charge in [-0.25, -0.2) is 0 Å². The van der Waals surface area contributed by atoms with Crippen molar-refractivity contribution in [3.05, 3.63) is 51.8 Å². The molecule has 124 valence electrons. The number of aliphatic carboxylic acids is 1. The molecule has 0 unspecified atom stereocenters. The Labute approximate surface area is 134 Å². The molecule has 2 aromatic heterocycles. The van der Waals surface area contributed by atoms with Gasteiger partial charge in [-0.1, -0.05) is 30.3 Å². The molecule has 3 aromatic rings. The first-order valence-corrected chi connectivity index (χ1v) is 7.05. The molecule has 1 aromatic carbocycles. The summed E-state index contributed by atoms with van der Waals surface area (Å²) in [5.74, 6) is -1.10. The van der Waals surface area contributed by atoms with Gasteiger partial charge in [-0.3, -0.25) is 9.59 Å². The average Bonchev–Trinajstić information content (AvgIpc) is 3.16. The molecule has 0 bridgehead atoms. The molecule has 10 nitrogen and oxygen atoms in total. The summed E-state index contributed by atoms with van der Waals surface area (Å²) in [6.07, 6.45) is -0.205. The van der Waals surface area contributed by atoms with Crippen molar-refractivity contribution < 1.29 is 14.4 Å². The standard InChI is InChI=1S/C14H14N6O4/c15-10(14(22)23)6-9-11(24-18-13(9)21)12-16-19-20(17-12)7-8-4-2-1-3-5-8/h1-5,10H,6-7,15H2,(H,18,21)(H,22,23)/t10-/m0/s1. The van der Waals surface area contributed by atoms with Gasteiger partial charge in [0.15, 0.2) is 0 Å². The van der Waals surface area contributed by atoms with Crippen molar-refractivity contribution in [1.29, 1.82) is 0 Å². The van der Waals surface area contributed by atoms with Crippen LogP contribution in [0.3, 0.4) is 0 Å². The van der Waals surface area contributed by atoms with Crippen LogP contribution in [-0.2, 0) is 17.8 Å². The second-order valence-electron chi connectivity index (χ2n) is 5.12. The van der Waals surface area contributed by atoms with Gasteiger partial charge in [-0.15, -0.1) is 10.2 Å². The molecule has 0 saturated heterocycles. The smallest absolute Gasteiger partial charge is 0.320 e. The second-order valence-corrected chi connectivity index (χ2v) is 5.12. The Morgan fingerprint density at radius 3 is 2.83 bits per heavy atom. The van der Waals surface area contributed by atoms with E-state index in [4.69, 9.17) is 15.4 Å². The first-order chi connectivity index (χ1) is 11.5. The number of nitrogens with one attached hydrogen (secondary N) is 1. The number of carbonyl (C=O) groups is 1. The molecule has 24 heavy (non-hydrogen) atoms. The predicted octanol–water partition coefficient (Wildman–Crippen LogP) is -0.376. The van der Waals surface area contributed by atoms with Crippen LogP contribution in [0.15, 0.2) is 39.6 Å². The van der Waals surface area contributed by atoms with Crippen LogP contribution in [0.1, 0.15) is 11.1 Å². The Morgan fingerprint density at radius 1 is 1.38 bits per heavy atom. The number of tetrazole rings is 1. The second kappa shape index (κ2) is 6.46. The number of rotatable bonds is 6. The molecule has 4 N–H and O–H groups in total. The number of aromatic amines is 1. The summed E-state index contributed by atoms with van der Waals surface area (Å²) in [6.45, 7) is 0.395. The van der Waals surface area contributed by atoms with Crippen LogP contribution >= 0.6 is 0 Å². The number of hydrogen-bond donors (Lipinski definition) is 3. The molecule has 0 radical (unpaired) electrons. The van der Waals surface area contributed by atoms with E-state index in [1.54, 1.807) is 0 Å². The number of carboxylic acid groups (broad SMARTS) is 1. The number of hydrogen-bond acceptors (Lipinski definition) is 7. The monoisotopic (exact) mass is 330 g/mol. The van der Waals surface area contributed by atoms with Crippen molar-refractivity contribution in [2.24, 2.45) is 5.73 Å². The molecule has 0 aliphatic rings. The molecule has 0 spiro atoms. The topological polar surface area (TPSA) is 153 Å². The van der Waals surface area contributed by atoms with Crippen LogP contribution in [0.5, 0.6) is 0 Å². The summed E-state index contributed by atoms with van der Waals surface area (Å²) in [7, 11) is 0. The van der Waals surface area contributed by atoms with Crippen molar-refractivity contribution in [3.8, 4) is 11.6 Å². The highest BCUT2D eigenvalue weighted by molar-refractivity contribution is 5.74. The van der Waals surface area contributed by atoms with Gasteiger partial charge < -0.3 is 15.4 Å². The fourth-order valence-electron chi connectivity index (χ4n) is 2.14. The summed E-state index contributed by atoms with van der Waals surface area (Å²) in [4.78, 5) is 24.0. The van der Waals surface area contributed by atoms with Crippen molar-refractivity contribution in [2.75, 3.05) is 0 Å². The zero-order chi connectivity index (χ0) is 17.1. The van der Waals surface area contributed by atoms with Gasteiger partial charge in [0.1, 0.15) is 6.04 Å². The van der Waals surface area contributed by atoms with Gasteiger partial charge in [0.25, 0.3) is 5.56 Å². The number of H-pyrrole nitrogens is 1. The van der Waals surface area contributed by atoms with E-state index in [1.165, 1.54) is 4.80 Å². The van der Waals surface area contributed by atoms with Gasteiger partial charge >= 0.3 is 5.97 Å². The molecule has 0 aliphatic heterocycles. The van der Waals surface area contributed by atoms with Crippen LogP contribution in [0.2, 0.25) is 0 Å². The highest BCUT2D eigenvalue weighted by atomic mass is 16.5. The number of carboxylic acids is 1. The van der Waals surface area contributed by atoms with E-state index in [0.717, 1.165) is 5.56 Å². The first-order valence-electron chi connectivity index (χ1n) is 7.05. The zero-order valence-electron chi connectivity index (χ0n) is 12.4. The Hall–Kier alpha value is -3.27. The maximum Gasteiger partial charge on any atom is 0.320 e. The lowest BCUT2D eigenvalue weighted by molar-refractivity contribution is -0.138. The van der Waals surface area contributed by atoms with Gasteiger partial charge in [0, 0.05) is 6.42 Å². The highest BCUT2D eigenvalue weighted by Crippen LogP contribution is 2.17. The van der Waals surface area contributed by atoms with Gasteiger partial charge in [-0.05, 0) is 10.8 Å². The molecule has 2 heterocycles. The molecule has 0 amide bonds. The summed E-state index contributed by atoms with van der Waals surface area (Å²) < 4.78 is 5.06. The third kappa shape index (κ3) is 3.22. The van der Waals surface area contributed by atoms with E-state index < -0.39 is 17.6 Å². The lowest BCUT2D eigenvalue weighted by atomic mass is 10.1. The molecule has 1 atom stereocenters. The normalized spacial score (nSPS) is 12.2. The van der Waals surface area contributed by atoms with E-state index in [9.17, 15) is 9.59 Å². The zero-order valence-corrected chi connectivity index (χ0v) is 12.4. The Bertz CT molecular complexity index is 897. The largest absolute Gasteiger partial charge is 0.480 e. The third-order valence-electron chi connectivity index (χ3n) is 3.36. The van der Waals surface area contributed by atoms with Gasteiger partial charge in [-0.2, -0.15) is 9.95 Å². The minimum absolute atomic E-state index is 0.0380. The van der Waals surface area contributed by atoms with Crippen LogP contribution in [0.25, 0.3) is 11.6 Å². The fraction of sp³-hybridized carbons (Fsp3) is 0.214. The highest BCUT2D eigenvalue weighted by Gasteiger charge is 2.24. The Balaban J connectivity index is 1.85. The van der Waals surface area contributed by atoms with Crippen LogP contribution in [0, 0.1) is 0 Å². The molecule has 3 rings (SSSR count). The molecule has 0 fully saturated rings. The maximum atomic E-state index is 11.8. The molecular weight excluding hydrogens is 316 g/mol. The van der Waals surface area contributed by atoms with E-state index in [0.29, 0.717) is 6.54 Å². The number of nitrogens with zero attached hydrogens (tertiary/aromatic N) is 4. The van der Waals surface area contributed by atoms with Crippen molar-refractivity contribution in [1.82, 2.24) is 25.4 Å². The van der Waals surface area contributed by atoms with Crippen molar-refractivity contribution in [2.45, 2.75) is 19.0 Å². The van der Waals surface area contributed by atoms with Crippen LogP contribution in [-0.4, -0.2) is 42.5 Å². The van der Waals surface area contributed by atoms with E-state index >= 15 is 0 Å². The summed E-state index contributed by atoms with van der Waals surface area (Å²) >= 11 is 0. The van der Waals surface area contributed by atoms with Crippen LogP contribution in [0.4, 0.5) is 0 Å². The predicted molar refractivity (Wildman–Crippen MR) is 81.0 cm³/mol. The number of aromatic nitrogens is 5. The molecule has 0 saturated carbocycles. The maximum absolute atomic E-state index is 11.8. The fourth-order valence-corrected chi connectivity index (χ4v) is 2.14. The Kier molecular flexibility index (Phi) is 4.20. The molecule has 10 heteroatoms. The average molecular weight is 330 g/mol. The van der Waals surface area contributed by atoms with E-state index in [-0.39, 0.29) is 23.6 Å². The lowest BCUT2D eigenvalue weighted by Gasteiger charge is -2.03. The Morgan fingerprint density at radius 2 is 2.12 bits per heavy atom. The SMILES string of the molecule is N[C@@H](Cc1c(-c2nnn(Cc3ccccc3)n2)o[nH]c1=O)C(=O)O. The van der Waals surface area contributed by atoms with Crippen molar-refractivity contribution >= 4 is 5.97 Å². The van der Waals surface area contributed by atoms with E-state index in [2.05, 4.69) is 20.6 Å². The first kappa shape index (κ1) is 15.6. The lowest BCUT2D eigenvalue weighted by Crippen LogP contribution is -2.33. The van der Waals surface area contributed by atoms with Crippen molar-refractivity contribution in [3.63, 3.8) is 0 Å². The van der Waals surface area contributed by atoms with Gasteiger partial charge in [0.05, 0.1) is 12.1 Å².